The van der Waals surface area contributed by atoms with E-state index in [0.717, 1.165) is 36.4 Å². The van der Waals surface area contributed by atoms with E-state index in [-0.39, 0.29) is 11.9 Å². The highest BCUT2D eigenvalue weighted by molar-refractivity contribution is 6.35. The molecule has 2 aliphatic rings. The van der Waals surface area contributed by atoms with Crippen LogP contribution in [0.2, 0.25) is 10.0 Å². The smallest absolute Gasteiger partial charge is 0.238 e. The molecule has 1 amide bonds. The predicted molar refractivity (Wildman–Crippen MR) is 106 cm³/mol. The molecule has 142 valence electrons. The molecule has 1 fully saturated rings. The topological polar surface area (TPSA) is 50.8 Å². The Balaban J connectivity index is 1.45. The maximum atomic E-state index is 12.5. The standard InChI is InChI=1S/C20H20Cl2N2O3/c21-14-4-5-15(22)16(11-14)23-20(25)12-24-7-1-2-17(24)13-3-6-18-19(10-13)27-9-8-26-18/h3-6,10-11,17H,1-2,7-9,12H2,(H,23,25). The van der Waals surface area contributed by atoms with Gasteiger partial charge in [0.25, 0.3) is 0 Å². The third kappa shape index (κ3) is 4.15. The lowest BCUT2D eigenvalue weighted by Crippen LogP contribution is -2.33. The summed E-state index contributed by atoms with van der Waals surface area (Å²) in [5.41, 5.74) is 1.68. The van der Waals surface area contributed by atoms with Gasteiger partial charge < -0.3 is 14.8 Å². The normalized spacial score (nSPS) is 19.1. The zero-order valence-electron chi connectivity index (χ0n) is 14.7. The third-order valence-electron chi connectivity index (χ3n) is 4.86. The first-order valence-electron chi connectivity index (χ1n) is 8.98. The van der Waals surface area contributed by atoms with Crippen molar-refractivity contribution in [2.45, 2.75) is 18.9 Å². The minimum atomic E-state index is -0.108. The number of likely N-dealkylation sites (tertiary alicyclic amines) is 1. The molecule has 27 heavy (non-hydrogen) atoms. The summed E-state index contributed by atoms with van der Waals surface area (Å²) in [6, 6.07) is 11.2. The van der Waals surface area contributed by atoms with Gasteiger partial charge in [0.05, 0.1) is 17.3 Å². The van der Waals surface area contributed by atoms with Crippen molar-refractivity contribution >= 4 is 34.8 Å². The quantitative estimate of drug-likeness (QED) is 0.809. The van der Waals surface area contributed by atoms with Crippen LogP contribution in [0.15, 0.2) is 36.4 Å². The molecule has 2 aliphatic heterocycles. The molecular weight excluding hydrogens is 387 g/mol. The Bertz CT molecular complexity index is 859. The molecule has 0 saturated carbocycles. The average Bonchev–Trinajstić information content (AvgIpc) is 3.12. The van der Waals surface area contributed by atoms with Crippen LogP contribution in [0.3, 0.4) is 0 Å². The summed E-state index contributed by atoms with van der Waals surface area (Å²) in [5, 5.41) is 3.86. The van der Waals surface area contributed by atoms with Crippen molar-refractivity contribution in [3.8, 4) is 11.5 Å². The molecule has 0 radical (unpaired) electrons. The summed E-state index contributed by atoms with van der Waals surface area (Å²) in [4.78, 5) is 14.7. The van der Waals surface area contributed by atoms with Crippen LogP contribution in [0.5, 0.6) is 11.5 Å². The van der Waals surface area contributed by atoms with Crippen molar-refractivity contribution < 1.29 is 14.3 Å². The molecular formula is C20H20Cl2N2O3. The van der Waals surface area contributed by atoms with Crippen molar-refractivity contribution in [1.82, 2.24) is 4.90 Å². The first-order chi connectivity index (χ1) is 13.1. The van der Waals surface area contributed by atoms with Gasteiger partial charge in [0.15, 0.2) is 11.5 Å². The van der Waals surface area contributed by atoms with Crippen LogP contribution in [0.1, 0.15) is 24.4 Å². The molecule has 2 aromatic rings. The van der Waals surface area contributed by atoms with E-state index in [9.17, 15) is 4.79 Å². The van der Waals surface area contributed by atoms with Crippen LogP contribution in [-0.2, 0) is 4.79 Å². The molecule has 0 bridgehead atoms. The molecule has 1 N–H and O–H groups in total. The maximum Gasteiger partial charge on any atom is 0.238 e. The minimum absolute atomic E-state index is 0.108. The molecule has 2 heterocycles. The summed E-state index contributed by atoms with van der Waals surface area (Å²) in [6.45, 7) is 2.31. The highest BCUT2D eigenvalue weighted by atomic mass is 35.5. The van der Waals surface area contributed by atoms with Crippen molar-refractivity contribution in [1.29, 1.82) is 0 Å². The van der Waals surface area contributed by atoms with Crippen LogP contribution < -0.4 is 14.8 Å². The Kier molecular flexibility index (Phi) is 5.43. The SMILES string of the molecule is O=C(CN1CCCC1c1ccc2c(c1)OCCO2)Nc1cc(Cl)ccc1Cl. The van der Waals surface area contributed by atoms with Crippen LogP contribution in [0, 0.1) is 0 Å². The van der Waals surface area contributed by atoms with Crippen LogP contribution in [0.25, 0.3) is 0 Å². The van der Waals surface area contributed by atoms with E-state index >= 15 is 0 Å². The van der Waals surface area contributed by atoms with E-state index in [2.05, 4.69) is 16.3 Å². The minimum Gasteiger partial charge on any atom is -0.486 e. The Morgan fingerprint density at radius 3 is 2.78 bits per heavy atom. The zero-order chi connectivity index (χ0) is 18.8. The van der Waals surface area contributed by atoms with Gasteiger partial charge in [-0.1, -0.05) is 29.3 Å². The lowest BCUT2D eigenvalue weighted by molar-refractivity contribution is -0.117. The van der Waals surface area contributed by atoms with Gasteiger partial charge in [-0.25, -0.2) is 0 Å². The molecule has 4 rings (SSSR count). The number of halogens is 2. The number of carbonyl (C=O) groups is 1. The average molecular weight is 407 g/mol. The van der Waals surface area contributed by atoms with Gasteiger partial charge in [0.1, 0.15) is 13.2 Å². The van der Waals surface area contributed by atoms with E-state index in [1.165, 1.54) is 0 Å². The summed E-state index contributed by atoms with van der Waals surface area (Å²) in [7, 11) is 0. The fourth-order valence-corrected chi connectivity index (χ4v) is 3.96. The van der Waals surface area contributed by atoms with Gasteiger partial charge in [-0.05, 0) is 55.3 Å². The third-order valence-corrected chi connectivity index (χ3v) is 5.43. The van der Waals surface area contributed by atoms with Crippen LogP contribution in [0.4, 0.5) is 5.69 Å². The number of carbonyl (C=O) groups excluding carboxylic acids is 1. The highest BCUT2D eigenvalue weighted by Crippen LogP contribution is 2.38. The zero-order valence-corrected chi connectivity index (χ0v) is 16.2. The van der Waals surface area contributed by atoms with Gasteiger partial charge in [-0.15, -0.1) is 0 Å². The van der Waals surface area contributed by atoms with Gasteiger partial charge in [-0.2, -0.15) is 0 Å². The largest absolute Gasteiger partial charge is 0.486 e. The first-order valence-corrected chi connectivity index (χ1v) is 9.74. The number of amides is 1. The fourth-order valence-electron chi connectivity index (χ4n) is 3.63. The number of fused-ring (bicyclic) bond motifs is 1. The fraction of sp³-hybridized carbons (Fsp3) is 0.350. The summed E-state index contributed by atoms with van der Waals surface area (Å²) >= 11 is 12.1. The lowest BCUT2D eigenvalue weighted by atomic mass is 10.0. The molecule has 1 unspecified atom stereocenters. The van der Waals surface area contributed by atoms with Crippen molar-refractivity contribution in [3.63, 3.8) is 0 Å². The van der Waals surface area contributed by atoms with Crippen LogP contribution >= 0.6 is 23.2 Å². The molecule has 2 aromatic carbocycles. The summed E-state index contributed by atoms with van der Waals surface area (Å²) in [5.74, 6) is 1.45. The Morgan fingerprint density at radius 2 is 1.93 bits per heavy atom. The number of anilines is 1. The monoisotopic (exact) mass is 406 g/mol. The molecule has 1 saturated heterocycles. The Labute approximate surface area is 168 Å². The maximum absolute atomic E-state index is 12.5. The van der Waals surface area contributed by atoms with Crippen LogP contribution in [-0.4, -0.2) is 37.1 Å². The van der Waals surface area contributed by atoms with Gasteiger partial charge in [0, 0.05) is 11.1 Å². The van der Waals surface area contributed by atoms with E-state index in [1.807, 2.05) is 12.1 Å². The molecule has 0 aromatic heterocycles. The number of hydrogen-bond donors (Lipinski definition) is 1. The molecule has 5 nitrogen and oxygen atoms in total. The number of nitrogens with one attached hydrogen (secondary N) is 1. The van der Waals surface area contributed by atoms with E-state index < -0.39 is 0 Å². The van der Waals surface area contributed by atoms with Crippen molar-refractivity contribution in [3.05, 3.63) is 52.0 Å². The number of hydrogen-bond acceptors (Lipinski definition) is 4. The van der Waals surface area contributed by atoms with E-state index in [1.54, 1.807) is 18.2 Å². The molecule has 1 atom stereocenters. The van der Waals surface area contributed by atoms with E-state index in [0.29, 0.717) is 35.5 Å². The lowest BCUT2D eigenvalue weighted by Gasteiger charge is -2.26. The Hall–Kier alpha value is -1.95. The van der Waals surface area contributed by atoms with Gasteiger partial charge in [-0.3, -0.25) is 9.69 Å². The number of ether oxygens (including phenoxy) is 2. The summed E-state index contributed by atoms with van der Waals surface area (Å²) in [6.07, 6.45) is 2.05. The highest BCUT2D eigenvalue weighted by Gasteiger charge is 2.29. The predicted octanol–water partition coefficient (Wildman–Crippen LogP) is 4.54. The second kappa shape index (κ2) is 7.97. The van der Waals surface area contributed by atoms with Crippen molar-refractivity contribution in [2.24, 2.45) is 0 Å². The Morgan fingerprint density at radius 1 is 1.11 bits per heavy atom. The molecule has 7 heteroatoms. The molecule has 0 spiro atoms. The summed E-state index contributed by atoms with van der Waals surface area (Å²) < 4.78 is 11.3. The number of rotatable bonds is 4. The van der Waals surface area contributed by atoms with Crippen molar-refractivity contribution in [2.75, 3.05) is 31.6 Å². The second-order valence-corrected chi connectivity index (χ2v) is 7.55. The van der Waals surface area contributed by atoms with Gasteiger partial charge >= 0.3 is 0 Å². The number of benzene rings is 2. The number of nitrogens with zero attached hydrogens (tertiary/aromatic N) is 1. The van der Waals surface area contributed by atoms with Gasteiger partial charge in [0.2, 0.25) is 5.91 Å². The first kappa shape index (κ1) is 18.4. The van der Waals surface area contributed by atoms with E-state index in [4.69, 9.17) is 32.7 Å². The molecule has 0 aliphatic carbocycles. The second-order valence-electron chi connectivity index (χ2n) is 6.70.